The Hall–Kier alpha value is -4.24. The molecule has 1 aliphatic heterocycles. The van der Waals surface area contributed by atoms with Gasteiger partial charge in [0.2, 0.25) is 0 Å². The maximum atomic E-state index is 10.9. The van der Waals surface area contributed by atoms with Crippen LogP contribution >= 0.6 is 11.6 Å². The van der Waals surface area contributed by atoms with Crippen molar-refractivity contribution >= 4 is 35.1 Å². The van der Waals surface area contributed by atoms with Crippen LogP contribution in [-0.4, -0.2) is 30.1 Å². The van der Waals surface area contributed by atoms with Gasteiger partial charge in [0.25, 0.3) is 0 Å². The summed E-state index contributed by atoms with van der Waals surface area (Å²) in [6.07, 6.45) is 17.7. The third-order valence-electron chi connectivity index (χ3n) is 6.44. The van der Waals surface area contributed by atoms with E-state index in [1.54, 1.807) is 12.1 Å². The Kier molecular flexibility index (Phi) is 24.5. The standard InChI is InChI=1S/C15H20N2.C9H6ClNO.C7H14O.C2H6.2C2H2/c1-6-16-12(4)14-10-11(3)8-9-15(14)17(7-2)13(16)5;1-6(12)7-2-3-8(5-11)9(10)4-7;1-6(2)7(3)4-5-8;3*1-2/h8-10H,4-7H2,1-3H3;2-4H,1H3;5-7H,4H2,1-3H3;1-2H3;2*1-2H/t;;7-;;;/m..0.../s1. The molecule has 0 N–H and O–H groups in total. The van der Waals surface area contributed by atoms with E-state index in [1.165, 1.54) is 29.8 Å². The van der Waals surface area contributed by atoms with Gasteiger partial charge in [0.05, 0.1) is 16.3 Å². The van der Waals surface area contributed by atoms with E-state index in [0.29, 0.717) is 34.4 Å². The van der Waals surface area contributed by atoms with E-state index >= 15 is 0 Å². The Morgan fingerprint density at radius 3 is 1.91 bits per heavy atom. The lowest BCUT2D eigenvalue weighted by atomic mass is 9.96. The molecule has 0 unspecified atom stereocenters. The molecule has 0 bridgehead atoms. The van der Waals surface area contributed by atoms with Crippen molar-refractivity contribution in [3.05, 3.63) is 82.7 Å². The van der Waals surface area contributed by atoms with Gasteiger partial charge in [0.1, 0.15) is 18.2 Å². The molecule has 1 atom stereocenters. The molecule has 0 aliphatic carbocycles. The second kappa shape index (κ2) is 24.4. The molecule has 6 heteroatoms. The zero-order valence-electron chi connectivity index (χ0n) is 27.6. The van der Waals surface area contributed by atoms with Crippen LogP contribution in [0.25, 0.3) is 5.70 Å². The van der Waals surface area contributed by atoms with Gasteiger partial charge in [-0.1, -0.05) is 77.1 Å². The van der Waals surface area contributed by atoms with Crippen LogP contribution in [0.5, 0.6) is 0 Å². The van der Waals surface area contributed by atoms with Crippen LogP contribution in [0.2, 0.25) is 5.02 Å². The van der Waals surface area contributed by atoms with E-state index in [1.807, 2.05) is 19.9 Å². The van der Waals surface area contributed by atoms with Gasteiger partial charge in [0.15, 0.2) is 5.78 Å². The van der Waals surface area contributed by atoms with Crippen LogP contribution in [0.15, 0.2) is 55.4 Å². The first-order chi connectivity index (χ1) is 20.4. The Labute approximate surface area is 267 Å². The zero-order chi connectivity index (χ0) is 34.3. The number of aryl methyl sites for hydroxylation is 1. The van der Waals surface area contributed by atoms with Crippen LogP contribution in [0.4, 0.5) is 5.69 Å². The van der Waals surface area contributed by atoms with Crippen molar-refractivity contribution in [3.63, 3.8) is 0 Å². The molecule has 0 amide bonds. The molecule has 0 saturated carbocycles. The lowest BCUT2D eigenvalue weighted by Gasteiger charge is -2.41. The van der Waals surface area contributed by atoms with Crippen molar-refractivity contribution in [1.29, 1.82) is 5.26 Å². The lowest BCUT2D eigenvalue weighted by molar-refractivity contribution is -0.108. The first-order valence-electron chi connectivity index (χ1n) is 14.3. The number of hydrogen-bond donors (Lipinski definition) is 0. The average molecular weight is 604 g/mol. The number of carbonyl (C=O) groups is 2. The Morgan fingerprint density at radius 1 is 1.00 bits per heavy atom. The van der Waals surface area contributed by atoms with Crippen molar-refractivity contribution < 1.29 is 9.59 Å². The fraction of sp³-hybridized carbons (Fsp3) is 0.378. The molecule has 1 aliphatic rings. The number of halogens is 1. The topological polar surface area (TPSA) is 64.4 Å². The molecule has 5 nitrogen and oxygen atoms in total. The van der Waals surface area contributed by atoms with Crippen LogP contribution in [0.3, 0.4) is 0 Å². The quantitative estimate of drug-likeness (QED) is 0.187. The number of carbonyl (C=O) groups excluding carboxylic acids is 2. The maximum Gasteiger partial charge on any atom is 0.159 e. The average Bonchev–Trinajstić information content (AvgIpc) is 3.01. The lowest BCUT2D eigenvalue weighted by Crippen LogP contribution is -2.38. The third-order valence-corrected chi connectivity index (χ3v) is 6.75. The van der Waals surface area contributed by atoms with Crippen LogP contribution < -0.4 is 4.90 Å². The second-order valence-electron chi connectivity index (χ2n) is 9.36. The molecule has 1 heterocycles. The van der Waals surface area contributed by atoms with Crippen molar-refractivity contribution in [2.45, 2.75) is 68.7 Å². The number of Topliss-reactive ketones (excluding diaryl/α,β-unsaturated/α-hetero) is 1. The molecular weight excluding hydrogens is 554 g/mol. The van der Waals surface area contributed by atoms with Gasteiger partial charge in [-0.2, -0.15) is 5.26 Å². The summed E-state index contributed by atoms with van der Waals surface area (Å²) in [5.41, 5.74) is 5.69. The number of hydrogen-bond acceptors (Lipinski definition) is 5. The SMILES string of the molecule is C#C.C#C.C=C1c2cc(C)ccc2N(CC)C(=C)N1CC.CC.CC(=O)c1ccc(C#N)c(Cl)c1.CC(C)[C@@H](C)CC=O. The number of aldehydes is 1. The summed E-state index contributed by atoms with van der Waals surface area (Å²) < 4.78 is 0. The van der Waals surface area contributed by atoms with Gasteiger partial charge in [-0.15, -0.1) is 25.7 Å². The highest BCUT2D eigenvalue weighted by Gasteiger charge is 2.26. The molecule has 232 valence electrons. The third kappa shape index (κ3) is 14.0. The first kappa shape index (κ1) is 43.2. The highest BCUT2D eigenvalue weighted by Crippen LogP contribution is 2.38. The molecule has 0 saturated heterocycles. The minimum atomic E-state index is -0.0543. The van der Waals surface area contributed by atoms with Gasteiger partial charge in [-0.3, -0.25) is 4.79 Å². The van der Waals surface area contributed by atoms with Gasteiger partial charge in [0, 0.05) is 36.3 Å². The molecule has 43 heavy (non-hydrogen) atoms. The molecule has 2 aromatic carbocycles. The number of rotatable bonds is 6. The van der Waals surface area contributed by atoms with Crippen molar-refractivity contribution in [2.75, 3.05) is 18.0 Å². The van der Waals surface area contributed by atoms with Gasteiger partial charge in [-0.05, 0) is 63.8 Å². The normalized spacial score (nSPS) is 11.4. The molecule has 0 radical (unpaired) electrons. The summed E-state index contributed by atoms with van der Waals surface area (Å²) in [6, 6.07) is 13.1. The first-order valence-corrected chi connectivity index (χ1v) is 14.7. The van der Waals surface area contributed by atoms with Gasteiger partial charge < -0.3 is 14.6 Å². The highest BCUT2D eigenvalue weighted by atomic mass is 35.5. The van der Waals surface area contributed by atoms with E-state index in [0.717, 1.165) is 30.9 Å². The minimum absolute atomic E-state index is 0.0543. The number of nitriles is 1. The number of nitrogens with zero attached hydrogens (tertiary/aromatic N) is 3. The largest absolute Gasteiger partial charge is 0.328 e. The molecule has 0 spiro atoms. The molecule has 2 aromatic rings. The molecule has 3 rings (SSSR count). The Morgan fingerprint density at radius 2 is 1.53 bits per heavy atom. The second-order valence-corrected chi connectivity index (χ2v) is 9.77. The predicted octanol–water partition coefficient (Wildman–Crippen LogP) is 9.41. The summed E-state index contributed by atoms with van der Waals surface area (Å²) in [7, 11) is 0. The van der Waals surface area contributed by atoms with E-state index in [4.69, 9.17) is 16.9 Å². The van der Waals surface area contributed by atoms with Crippen LogP contribution in [0.1, 0.15) is 88.9 Å². The summed E-state index contributed by atoms with van der Waals surface area (Å²) in [4.78, 5) is 25.2. The predicted molar refractivity (Wildman–Crippen MR) is 187 cm³/mol. The highest BCUT2D eigenvalue weighted by molar-refractivity contribution is 6.32. The van der Waals surface area contributed by atoms with E-state index in [9.17, 15) is 9.59 Å². The van der Waals surface area contributed by atoms with Gasteiger partial charge >= 0.3 is 0 Å². The van der Waals surface area contributed by atoms with E-state index in [-0.39, 0.29) is 5.78 Å². The number of fused-ring (bicyclic) bond motifs is 1. The maximum absolute atomic E-state index is 10.9. The summed E-state index contributed by atoms with van der Waals surface area (Å²) in [5, 5.41) is 8.85. The van der Waals surface area contributed by atoms with Crippen LogP contribution in [-0.2, 0) is 4.79 Å². The van der Waals surface area contributed by atoms with Crippen molar-refractivity contribution in [3.8, 4) is 31.8 Å². The Balaban J connectivity index is -0.000000541. The smallest absolute Gasteiger partial charge is 0.159 e. The van der Waals surface area contributed by atoms with E-state index < -0.39 is 0 Å². The summed E-state index contributed by atoms with van der Waals surface area (Å²) in [6.45, 7) is 28.4. The number of terminal acetylenes is 2. The minimum Gasteiger partial charge on any atom is -0.328 e. The van der Waals surface area contributed by atoms with E-state index in [2.05, 4.69) is 108 Å². The van der Waals surface area contributed by atoms with Gasteiger partial charge in [-0.25, -0.2) is 0 Å². The van der Waals surface area contributed by atoms with Crippen LogP contribution in [0, 0.1) is 55.8 Å². The van der Waals surface area contributed by atoms with Crippen molar-refractivity contribution in [1.82, 2.24) is 4.90 Å². The molecular formula is C37H50ClN3O2. The zero-order valence-corrected chi connectivity index (χ0v) is 28.3. The monoisotopic (exact) mass is 603 g/mol. The fourth-order valence-corrected chi connectivity index (χ4v) is 3.90. The molecule has 0 fully saturated rings. The molecule has 0 aromatic heterocycles. The Bertz CT molecular complexity index is 1250. The summed E-state index contributed by atoms with van der Waals surface area (Å²) >= 11 is 5.70. The number of benzene rings is 2. The fourth-order valence-electron chi connectivity index (χ4n) is 3.68. The van der Waals surface area contributed by atoms with Crippen molar-refractivity contribution in [2.24, 2.45) is 11.8 Å². The number of ketones is 1. The number of anilines is 1. The summed E-state index contributed by atoms with van der Waals surface area (Å²) in [5.74, 6) is 2.16.